The van der Waals surface area contributed by atoms with Gasteiger partial charge in [-0.25, -0.2) is 4.79 Å². The van der Waals surface area contributed by atoms with Crippen LogP contribution in [0.4, 0.5) is 0 Å². The molecule has 1 unspecified atom stereocenters. The standard InChI is InChI=1S/C7H11NO2.H3N/c1-4-6(8)10-7(9)5(2)3;/h4,6H,1-2,8H2,3H3;1H3. The molecule has 0 aliphatic rings. The molecule has 0 rings (SSSR count). The maximum Gasteiger partial charge on any atom is 0.334 e. The van der Waals surface area contributed by atoms with Gasteiger partial charge in [0, 0.05) is 5.57 Å². The van der Waals surface area contributed by atoms with Crippen LogP contribution in [-0.4, -0.2) is 12.2 Å². The van der Waals surface area contributed by atoms with Gasteiger partial charge in [-0.2, -0.15) is 0 Å². The molecule has 0 aromatic heterocycles. The lowest BCUT2D eigenvalue weighted by Gasteiger charge is -2.06. The van der Waals surface area contributed by atoms with Gasteiger partial charge in [0.15, 0.2) is 6.23 Å². The van der Waals surface area contributed by atoms with Gasteiger partial charge >= 0.3 is 5.97 Å². The fraction of sp³-hybridized carbons (Fsp3) is 0.286. The molecule has 5 N–H and O–H groups in total. The average molecular weight is 158 g/mol. The Balaban J connectivity index is 0. The van der Waals surface area contributed by atoms with E-state index in [1.807, 2.05) is 0 Å². The first-order valence-electron chi connectivity index (χ1n) is 2.82. The molecule has 0 saturated heterocycles. The van der Waals surface area contributed by atoms with E-state index in [9.17, 15) is 4.79 Å². The molecule has 0 heterocycles. The molecule has 0 amide bonds. The molecule has 0 saturated carbocycles. The van der Waals surface area contributed by atoms with Crippen molar-refractivity contribution in [3.05, 3.63) is 24.8 Å². The summed E-state index contributed by atoms with van der Waals surface area (Å²) in [5.41, 5.74) is 5.54. The summed E-state index contributed by atoms with van der Waals surface area (Å²) in [4.78, 5) is 10.7. The zero-order valence-electron chi connectivity index (χ0n) is 6.67. The SMILES string of the molecule is C=CC(N)OC(=O)C(=C)C.N. The van der Waals surface area contributed by atoms with E-state index < -0.39 is 12.2 Å². The van der Waals surface area contributed by atoms with E-state index >= 15 is 0 Å². The van der Waals surface area contributed by atoms with Crippen LogP contribution in [0.1, 0.15) is 6.92 Å². The number of hydrogen-bond acceptors (Lipinski definition) is 4. The van der Waals surface area contributed by atoms with Crippen molar-refractivity contribution in [1.82, 2.24) is 6.15 Å². The molecular weight excluding hydrogens is 144 g/mol. The van der Waals surface area contributed by atoms with E-state index in [-0.39, 0.29) is 6.15 Å². The molecule has 0 fully saturated rings. The number of rotatable bonds is 3. The highest BCUT2D eigenvalue weighted by molar-refractivity contribution is 5.87. The Kier molecular flexibility index (Phi) is 6.43. The minimum atomic E-state index is -0.732. The highest BCUT2D eigenvalue weighted by atomic mass is 16.6. The predicted molar refractivity (Wildman–Crippen MR) is 44.1 cm³/mol. The van der Waals surface area contributed by atoms with Crippen LogP contribution < -0.4 is 11.9 Å². The highest BCUT2D eigenvalue weighted by Gasteiger charge is 2.05. The Bertz CT molecular complexity index is 166. The Morgan fingerprint density at radius 3 is 2.45 bits per heavy atom. The van der Waals surface area contributed by atoms with Crippen molar-refractivity contribution in [2.45, 2.75) is 13.2 Å². The van der Waals surface area contributed by atoms with Crippen molar-refractivity contribution in [2.75, 3.05) is 0 Å². The number of esters is 1. The zero-order chi connectivity index (χ0) is 8.15. The third-order valence-electron chi connectivity index (χ3n) is 0.824. The van der Waals surface area contributed by atoms with Crippen molar-refractivity contribution < 1.29 is 9.53 Å². The van der Waals surface area contributed by atoms with Gasteiger partial charge in [0.1, 0.15) is 0 Å². The highest BCUT2D eigenvalue weighted by Crippen LogP contribution is 1.94. The summed E-state index contributed by atoms with van der Waals surface area (Å²) in [6.07, 6.45) is 0.602. The first-order valence-corrected chi connectivity index (χ1v) is 2.82. The summed E-state index contributed by atoms with van der Waals surface area (Å²) in [5, 5.41) is 0. The fourth-order valence-electron chi connectivity index (χ4n) is 0.272. The van der Waals surface area contributed by atoms with Gasteiger partial charge < -0.3 is 10.9 Å². The Labute approximate surface area is 66.3 Å². The molecule has 4 nitrogen and oxygen atoms in total. The molecule has 0 aliphatic heterocycles. The van der Waals surface area contributed by atoms with Crippen LogP contribution in [0.2, 0.25) is 0 Å². The fourth-order valence-corrected chi connectivity index (χ4v) is 0.272. The molecular formula is C7H14N2O2. The van der Waals surface area contributed by atoms with Gasteiger partial charge in [-0.3, -0.25) is 5.73 Å². The van der Waals surface area contributed by atoms with Crippen molar-refractivity contribution in [3.8, 4) is 0 Å². The van der Waals surface area contributed by atoms with Gasteiger partial charge in [-0.15, -0.1) is 0 Å². The van der Waals surface area contributed by atoms with Gasteiger partial charge in [0.05, 0.1) is 0 Å². The molecule has 0 aromatic carbocycles. The third-order valence-corrected chi connectivity index (χ3v) is 0.824. The normalized spacial score (nSPS) is 10.7. The molecule has 0 spiro atoms. The second-order valence-corrected chi connectivity index (χ2v) is 1.89. The summed E-state index contributed by atoms with van der Waals surface area (Å²) in [7, 11) is 0. The summed E-state index contributed by atoms with van der Waals surface area (Å²) >= 11 is 0. The quantitative estimate of drug-likeness (QED) is 0.274. The summed E-state index contributed by atoms with van der Waals surface area (Å²) in [5.74, 6) is -0.493. The maximum atomic E-state index is 10.7. The zero-order valence-corrected chi connectivity index (χ0v) is 6.67. The second-order valence-electron chi connectivity index (χ2n) is 1.89. The smallest absolute Gasteiger partial charge is 0.334 e. The van der Waals surface area contributed by atoms with E-state index in [0.717, 1.165) is 0 Å². The molecule has 0 aliphatic carbocycles. The second kappa shape index (κ2) is 5.64. The molecule has 0 radical (unpaired) electrons. The maximum absolute atomic E-state index is 10.7. The van der Waals surface area contributed by atoms with Crippen LogP contribution in [-0.2, 0) is 9.53 Å². The van der Waals surface area contributed by atoms with E-state index in [1.165, 1.54) is 6.08 Å². The average Bonchev–Trinajstić information content (AvgIpc) is 1.87. The number of carbonyl (C=O) groups is 1. The molecule has 0 bridgehead atoms. The summed E-state index contributed by atoms with van der Waals surface area (Å²) in [6.45, 7) is 8.27. The largest absolute Gasteiger partial charge is 0.440 e. The predicted octanol–water partition coefficient (Wildman–Crippen LogP) is 0.738. The van der Waals surface area contributed by atoms with Crippen molar-refractivity contribution >= 4 is 5.97 Å². The Hall–Kier alpha value is -1.13. The minimum Gasteiger partial charge on any atom is -0.440 e. The first-order chi connectivity index (χ1) is 4.57. The van der Waals surface area contributed by atoms with E-state index in [1.54, 1.807) is 6.92 Å². The van der Waals surface area contributed by atoms with Crippen molar-refractivity contribution in [1.29, 1.82) is 0 Å². The number of carbonyl (C=O) groups excluding carboxylic acids is 1. The van der Waals surface area contributed by atoms with Crippen molar-refractivity contribution in [2.24, 2.45) is 5.73 Å². The minimum absolute atomic E-state index is 0. The van der Waals surface area contributed by atoms with Gasteiger partial charge in [-0.05, 0) is 13.0 Å². The van der Waals surface area contributed by atoms with Crippen LogP contribution >= 0.6 is 0 Å². The summed E-state index contributed by atoms with van der Waals surface area (Å²) < 4.78 is 4.58. The van der Waals surface area contributed by atoms with Crippen LogP contribution in [0.15, 0.2) is 24.8 Å². The van der Waals surface area contributed by atoms with E-state index in [2.05, 4.69) is 17.9 Å². The Morgan fingerprint density at radius 2 is 2.18 bits per heavy atom. The lowest BCUT2D eigenvalue weighted by atomic mass is 10.4. The lowest BCUT2D eigenvalue weighted by Crippen LogP contribution is -2.24. The first kappa shape index (κ1) is 12.5. The Morgan fingerprint density at radius 1 is 1.73 bits per heavy atom. The van der Waals surface area contributed by atoms with E-state index in [4.69, 9.17) is 5.73 Å². The van der Waals surface area contributed by atoms with Gasteiger partial charge in [0.2, 0.25) is 0 Å². The summed E-state index contributed by atoms with van der Waals surface area (Å²) in [6, 6.07) is 0. The number of nitrogens with two attached hydrogens (primary N) is 1. The van der Waals surface area contributed by atoms with Crippen LogP contribution in [0, 0.1) is 0 Å². The van der Waals surface area contributed by atoms with Gasteiger partial charge in [-0.1, -0.05) is 13.2 Å². The van der Waals surface area contributed by atoms with Crippen LogP contribution in [0.3, 0.4) is 0 Å². The van der Waals surface area contributed by atoms with Crippen molar-refractivity contribution in [3.63, 3.8) is 0 Å². The van der Waals surface area contributed by atoms with E-state index in [0.29, 0.717) is 5.57 Å². The van der Waals surface area contributed by atoms with Crippen LogP contribution in [0.5, 0.6) is 0 Å². The van der Waals surface area contributed by atoms with Crippen LogP contribution in [0.25, 0.3) is 0 Å². The number of hydrogen-bond donors (Lipinski definition) is 2. The lowest BCUT2D eigenvalue weighted by molar-refractivity contribution is -0.141. The molecule has 64 valence electrons. The van der Waals surface area contributed by atoms with Gasteiger partial charge in [0.25, 0.3) is 0 Å². The molecule has 4 heteroatoms. The molecule has 0 aromatic rings. The topological polar surface area (TPSA) is 87.3 Å². The molecule has 11 heavy (non-hydrogen) atoms. The number of ether oxygens (including phenoxy) is 1. The monoisotopic (exact) mass is 158 g/mol. The molecule has 1 atom stereocenters. The third kappa shape index (κ3) is 5.32.